The molecule has 0 bridgehead atoms. The molecule has 23 heavy (non-hydrogen) atoms. The quantitative estimate of drug-likeness (QED) is 0.888. The lowest BCUT2D eigenvalue weighted by atomic mass is 9.96. The second-order valence-corrected chi connectivity index (χ2v) is 6.20. The minimum Gasteiger partial charge on any atom is -0.503 e. The van der Waals surface area contributed by atoms with Gasteiger partial charge in [-0.15, -0.1) is 0 Å². The highest BCUT2D eigenvalue weighted by molar-refractivity contribution is 9.10. The number of rotatable bonds is 3. The Bertz CT molecular complexity index is 797. The highest BCUT2D eigenvalue weighted by atomic mass is 79.9. The second kappa shape index (κ2) is 6.01. The Morgan fingerprint density at radius 1 is 1.09 bits per heavy atom. The van der Waals surface area contributed by atoms with E-state index in [1.54, 1.807) is 12.1 Å². The number of halogens is 1. The zero-order valence-corrected chi connectivity index (χ0v) is 13.9. The lowest BCUT2D eigenvalue weighted by Crippen LogP contribution is -2.30. The molecule has 0 spiro atoms. The van der Waals surface area contributed by atoms with Crippen molar-refractivity contribution in [2.24, 2.45) is 0 Å². The van der Waals surface area contributed by atoms with Crippen molar-refractivity contribution in [1.82, 2.24) is 0 Å². The second-order valence-electron chi connectivity index (χ2n) is 5.28. The molecule has 0 radical (unpaired) electrons. The lowest BCUT2D eigenvalue weighted by molar-refractivity contribution is -0.117. The van der Waals surface area contributed by atoms with Crippen molar-refractivity contribution in [3.05, 3.63) is 76.0 Å². The van der Waals surface area contributed by atoms with Crippen LogP contribution in [0.3, 0.4) is 0 Å². The van der Waals surface area contributed by atoms with Crippen molar-refractivity contribution < 1.29 is 14.7 Å². The summed E-state index contributed by atoms with van der Waals surface area (Å²) < 4.78 is 0.883. The van der Waals surface area contributed by atoms with Gasteiger partial charge < -0.3 is 5.11 Å². The number of amides is 1. The zero-order chi connectivity index (χ0) is 16.6. The molecule has 1 aliphatic heterocycles. The first kappa shape index (κ1) is 15.5. The van der Waals surface area contributed by atoms with Crippen LogP contribution >= 0.6 is 15.9 Å². The first-order valence-corrected chi connectivity index (χ1v) is 7.88. The number of carbonyl (C=O) groups excluding carboxylic acids is 2. The van der Waals surface area contributed by atoms with Gasteiger partial charge in [0, 0.05) is 10.2 Å². The summed E-state index contributed by atoms with van der Waals surface area (Å²) in [5, 5.41) is 10.2. The molecular formula is C18H14BrNO3. The fourth-order valence-corrected chi connectivity index (χ4v) is 3.05. The average Bonchev–Trinajstić information content (AvgIpc) is 2.81. The molecule has 116 valence electrons. The fourth-order valence-electron chi connectivity index (χ4n) is 2.78. The third kappa shape index (κ3) is 2.68. The van der Waals surface area contributed by atoms with Gasteiger partial charge in [0.1, 0.15) is 0 Å². The van der Waals surface area contributed by atoms with Crippen molar-refractivity contribution in [2.75, 3.05) is 4.90 Å². The van der Waals surface area contributed by atoms with Crippen LogP contribution in [-0.4, -0.2) is 16.8 Å². The maximum absolute atomic E-state index is 12.5. The fraction of sp³-hybridized carbons (Fsp3) is 0.111. The molecule has 0 saturated carbocycles. The number of aliphatic hydroxyl groups is 1. The third-order valence-electron chi connectivity index (χ3n) is 3.81. The van der Waals surface area contributed by atoms with E-state index in [0.29, 0.717) is 5.69 Å². The van der Waals surface area contributed by atoms with Crippen LogP contribution < -0.4 is 4.90 Å². The minimum atomic E-state index is -0.623. The predicted molar refractivity (Wildman–Crippen MR) is 91.1 cm³/mol. The molecule has 3 rings (SSSR count). The first-order valence-electron chi connectivity index (χ1n) is 7.09. The molecule has 2 aromatic rings. The number of benzene rings is 2. The Morgan fingerprint density at radius 3 is 2.26 bits per heavy atom. The summed E-state index contributed by atoms with van der Waals surface area (Å²) in [5.41, 5.74) is 1.52. The van der Waals surface area contributed by atoms with E-state index in [1.807, 2.05) is 42.5 Å². The van der Waals surface area contributed by atoms with E-state index in [1.165, 1.54) is 11.8 Å². The van der Waals surface area contributed by atoms with Crippen molar-refractivity contribution in [3.8, 4) is 0 Å². The summed E-state index contributed by atoms with van der Waals surface area (Å²) >= 11 is 3.36. The Balaban J connectivity index is 2.16. The number of anilines is 1. The van der Waals surface area contributed by atoms with Gasteiger partial charge in [-0.25, -0.2) is 0 Å². The summed E-state index contributed by atoms with van der Waals surface area (Å²) in [6.45, 7) is 1.36. The van der Waals surface area contributed by atoms with Gasteiger partial charge in [0.05, 0.1) is 11.6 Å². The van der Waals surface area contributed by atoms with E-state index in [2.05, 4.69) is 15.9 Å². The van der Waals surface area contributed by atoms with E-state index in [4.69, 9.17) is 0 Å². The number of aliphatic hydroxyl groups excluding tert-OH is 1. The minimum absolute atomic E-state index is 0.129. The van der Waals surface area contributed by atoms with Gasteiger partial charge in [0.2, 0.25) is 0 Å². The van der Waals surface area contributed by atoms with E-state index in [-0.39, 0.29) is 11.4 Å². The highest BCUT2D eigenvalue weighted by Gasteiger charge is 2.43. The van der Waals surface area contributed by atoms with Crippen LogP contribution in [0, 0.1) is 0 Å². The van der Waals surface area contributed by atoms with E-state index < -0.39 is 17.7 Å². The molecule has 2 aromatic carbocycles. The molecule has 1 amide bonds. The van der Waals surface area contributed by atoms with Gasteiger partial charge in [-0.2, -0.15) is 0 Å². The Hall–Kier alpha value is -2.40. The maximum atomic E-state index is 12.5. The predicted octanol–water partition coefficient (Wildman–Crippen LogP) is 3.94. The Morgan fingerprint density at radius 2 is 1.70 bits per heavy atom. The number of hydrogen-bond acceptors (Lipinski definition) is 3. The number of hydrogen-bond donors (Lipinski definition) is 1. The highest BCUT2D eigenvalue weighted by Crippen LogP contribution is 2.40. The van der Waals surface area contributed by atoms with Crippen molar-refractivity contribution in [1.29, 1.82) is 0 Å². The number of Topliss-reactive ketones (excluding diaryl/α,β-unsaturated/α-hetero) is 1. The number of nitrogens with zero attached hydrogens (tertiary/aromatic N) is 1. The molecule has 1 heterocycles. The van der Waals surface area contributed by atoms with Crippen molar-refractivity contribution in [3.63, 3.8) is 0 Å². The molecular weight excluding hydrogens is 358 g/mol. The lowest BCUT2D eigenvalue weighted by Gasteiger charge is -2.26. The molecule has 0 unspecified atom stereocenters. The van der Waals surface area contributed by atoms with Gasteiger partial charge in [-0.1, -0.05) is 46.3 Å². The molecule has 0 aliphatic carbocycles. The first-order chi connectivity index (χ1) is 11.0. The summed E-state index contributed by atoms with van der Waals surface area (Å²) in [4.78, 5) is 26.0. The summed E-state index contributed by atoms with van der Waals surface area (Å²) in [5.74, 6) is -1.36. The van der Waals surface area contributed by atoms with Crippen LogP contribution in [0.4, 0.5) is 5.69 Å². The smallest absolute Gasteiger partial charge is 0.294 e. The van der Waals surface area contributed by atoms with Gasteiger partial charge >= 0.3 is 0 Å². The molecule has 1 atom stereocenters. The normalized spacial score (nSPS) is 17.7. The maximum Gasteiger partial charge on any atom is 0.294 e. The summed E-state index contributed by atoms with van der Waals surface area (Å²) in [6.07, 6.45) is 0. The molecule has 1 aliphatic rings. The average molecular weight is 372 g/mol. The van der Waals surface area contributed by atoms with Gasteiger partial charge in [0.15, 0.2) is 11.5 Å². The molecule has 4 nitrogen and oxygen atoms in total. The van der Waals surface area contributed by atoms with Crippen LogP contribution in [0.1, 0.15) is 18.5 Å². The molecule has 0 aromatic heterocycles. The van der Waals surface area contributed by atoms with E-state index >= 15 is 0 Å². The van der Waals surface area contributed by atoms with Crippen LogP contribution in [0.2, 0.25) is 0 Å². The Kier molecular flexibility index (Phi) is 4.05. The summed E-state index contributed by atoms with van der Waals surface area (Å²) in [7, 11) is 0. The molecule has 0 fully saturated rings. The Labute approximate surface area is 142 Å². The van der Waals surface area contributed by atoms with Crippen LogP contribution in [0.15, 0.2) is 70.4 Å². The van der Waals surface area contributed by atoms with Crippen LogP contribution in [-0.2, 0) is 9.59 Å². The van der Waals surface area contributed by atoms with Crippen molar-refractivity contribution in [2.45, 2.75) is 13.0 Å². The van der Waals surface area contributed by atoms with E-state index in [9.17, 15) is 14.7 Å². The summed E-state index contributed by atoms with van der Waals surface area (Å²) in [6, 6.07) is 15.8. The number of ketones is 1. The topological polar surface area (TPSA) is 57.6 Å². The van der Waals surface area contributed by atoms with E-state index in [0.717, 1.165) is 10.0 Å². The zero-order valence-electron chi connectivity index (χ0n) is 12.4. The molecule has 5 heteroatoms. The monoisotopic (exact) mass is 371 g/mol. The standard InChI is InChI=1S/C18H14BrNO3/c1-11(21)15-16(12-5-3-2-4-6-12)20(18(23)17(15)22)14-9-7-13(19)8-10-14/h2-10,16,22H,1H3/t16-/m0/s1. The number of carbonyl (C=O) groups is 2. The van der Waals surface area contributed by atoms with Crippen LogP contribution in [0.25, 0.3) is 0 Å². The van der Waals surface area contributed by atoms with Crippen LogP contribution in [0.5, 0.6) is 0 Å². The third-order valence-corrected chi connectivity index (χ3v) is 4.34. The van der Waals surface area contributed by atoms with Gasteiger partial charge in [-0.3, -0.25) is 14.5 Å². The molecule has 1 N–H and O–H groups in total. The van der Waals surface area contributed by atoms with Gasteiger partial charge in [-0.05, 0) is 36.8 Å². The van der Waals surface area contributed by atoms with Crippen molar-refractivity contribution >= 4 is 33.3 Å². The SMILES string of the molecule is CC(=O)C1=C(O)C(=O)N(c2ccc(Br)cc2)[C@H]1c1ccccc1. The molecule has 0 saturated heterocycles. The van der Waals surface area contributed by atoms with Gasteiger partial charge in [0.25, 0.3) is 5.91 Å². The largest absolute Gasteiger partial charge is 0.503 e.